The van der Waals surface area contributed by atoms with E-state index in [1.54, 1.807) is 12.3 Å². The van der Waals surface area contributed by atoms with E-state index in [1.165, 1.54) is 0 Å². The van der Waals surface area contributed by atoms with E-state index < -0.39 is 0 Å². The summed E-state index contributed by atoms with van der Waals surface area (Å²) in [6, 6.07) is 1.67. The molecule has 1 unspecified atom stereocenters. The molecule has 1 aromatic heterocycles. The van der Waals surface area contributed by atoms with Gasteiger partial charge in [-0.25, -0.2) is 9.37 Å². The number of nitrogens with one attached hydrogen (secondary N) is 1. The quantitative estimate of drug-likeness (QED) is 0.859. The summed E-state index contributed by atoms with van der Waals surface area (Å²) in [5.41, 5.74) is 0.580. The van der Waals surface area contributed by atoms with Gasteiger partial charge in [0.15, 0.2) is 5.82 Å². The first-order valence-electron chi connectivity index (χ1n) is 6.89. The van der Waals surface area contributed by atoms with Gasteiger partial charge in [-0.05, 0) is 31.9 Å². The Labute approximate surface area is 113 Å². The van der Waals surface area contributed by atoms with Crippen molar-refractivity contribution in [2.45, 2.75) is 38.8 Å². The van der Waals surface area contributed by atoms with Gasteiger partial charge in [0, 0.05) is 24.9 Å². The van der Waals surface area contributed by atoms with E-state index in [9.17, 15) is 4.39 Å². The average Bonchev–Trinajstić information content (AvgIpc) is 2.46. The Balaban J connectivity index is 1.91. The number of hydrogen-bond donors (Lipinski definition) is 1. The predicted molar refractivity (Wildman–Crippen MR) is 70.7 cm³/mol. The average molecular weight is 268 g/mol. The van der Waals surface area contributed by atoms with Gasteiger partial charge in [-0.1, -0.05) is 6.92 Å². The lowest BCUT2D eigenvalue weighted by molar-refractivity contribution is -0.0127. The first-order valence-corrected chi connectivity index (χ1v) is 6.89. The van der Waals surface area contributed by atoms with Crippen LogP contribution in [0, 0.1) is 5.82 Å². The molecule has 0 bridgehead atoms. The number of nitrogens with zero attached hydrogens (tertiary/aromatic N) is 1. The fourth-order valence-electron chi connectivity index (χ4n) is 2.07. The molecule has 0 aliphatic carbocycles. The van der Waals surface area contributed by atoms with E-state index in [-0.39, 0.29) is 17.8 Å². The Bertz CT molecular complexity index is 395. The van der Waals surface area contributed by atoms with E-state index in [1.807, 2.05) is 6.92 Å². The molecule has 1 aromatic rings. The molecule has 2 rings (SSSR count). The molecular formula is C14H21FN2O2. The summed E-state index contributed by atoms with van der Waals surface area (Å²) in [6.07, 6.45) is 4.85. The number of ether oxygens (including phenoxy) is 2. The first-order chi connectivity index (χ1) is 9.31. The summed E-state index contributed by atoms with van der Waals surface area (Å²) in [4.78, 5) is 3.95. The van der Waals surface area contributed by atoms with E-state index in [0.717, 1.165) is 32.4 Å². The Morgan fingerprint density at radius 2 is 2.42 bits per heavy atom. The second-order valence-electron chi connectivity index (χ2n) is 4.67. The smallest absolute Gasteiger partial charge is 0.250 e. The maximum Gasteiger partial charge on any atom is 0.250 e. The molecular weight excluding hydrogens is 247 g/mol. The Morgan fingerprint density at radius 1 is 1.53 bits per heavy atom. The molecule has 2 heterocycles. The standard InChI is InChI=1S/C14H21FN2O2/c1-2-16-9-11-6-7-17-14(13(11)15)19-10-12-5-3-4-8-18-12/h6-7,12,16H,2-5,8-10H2,1H3. The number of rotatable bonds is 6. The molecule has 5 heteroatoms. The monoisotopic (exact) mass is 268 g/mol. The maximum atomic E-state index is 14.1. The highest BCUT2D eigenvalue weighted by molar-refractivity contribution is 5.23. The Hall–Kier alpha value is -1.20. The van der Waals surface area contributed by atoms with Gasteiger partial charge in [-0.3, -0.25) is 0 Å². The zero-order chi connectivity index (χ0) is 13.5. The second kappa shape index (κ2) is 7.40. The second-order valence-corrected chi connectivity index (χ2v) is 4.67. The van der Waals surface area contributed by atoms with E-state index in [4.69, 9.17) is 9.47 Å². The molecule has 1 fully saturated rings. The minimum absolute atomic E-state index is 0.0624. The van der Waals surface area contributed by atoms with Crippen molar-refractivity contribution in [1.82, 2.24) is 10.3 Å². The van der Waals surface area contributed by atoms with Gasteiger partial charge in [0.2, 0.25) is 0 Å². The van der Waals surface area contributed by atoms with E-state index >= 15 is 0 Å². The molecule has 19 heavy (non-hydrogen) atoms. The fraction of sp³-hybridized carbons (Fsp3) is 0.643. The molecule has 1 atom stereocenters. The molecule has 0 spiro atoms. The van der Waals surface area contributed by atoms with Crippen molar-refractivity contribution in [2.24, 2.45) is 0 Å². The third-order valence-electron chi connectivity index (χ3n) is 3.18. The summed E-state index contributed by atoms with van der Waals surface area (Å²) in [5, 5.41) is 3.09. The third-order valence-corrected chi connectivity index (χ3v) is 3.18. The van der Waals surface area contributed by atoms with E-state index in [0.29, 0.717) is 18.7 Å². The lowest BCUT2D eigenvalue weighted by atomic mass is 10.1. The number of aromatic nitrogens is 1. The van der Waals surface area contributed by atoms with Gasteiger partial charge in [0.05, 0.1) is 6.10 Å². The molecule has 1 N–H and O–H groups in total. The summed E-state index contributed by atoms with van der Waals surface area (Å²) < 4.78 is 25.1. The summed E-state index contributed by atoms with van der Waals surface area (Å²) in [6.45, 7) is 4.41. The number of pyridine rings is 1. The van der Waals surface area contributed by atoms with Crippen molar-refractivity contribution < 1.29 is 13.9 Å². The zero-order valence-electron chi connectivity index (χ0n) is 11.3. The lowest BCUT2D eigenvalue weighted by Gasteiger charge is -2.22. The minimum Gasteiger partial charge on any atom is -0.473 e. The van der Waals surface area contributed by atoms with Crippen molar-refractivity contribution in [2.75, 3.05) is 19.8 Å². The summed E-state index contributed by atoms with van der Waals surface area (Å²) >= 11 is 0. The van der Waals surface area contributed by atoms with Gasteiger partial charge in [-0.2, -0.15) is 0 Å². The molecule has 1 aliphatic rings. The highest BCUT2D eigenvalue weighted by atomic mass is 19.1. The number of hydrogen-bond acceptors (Lipinski definition) is 4. The summed E-state index contributed by atoms with van der Waals surface area (Å²) in [7, 11) is 0. The van der Waals surface area contributed by atoms with Crippen LogP contribution in [0.2, 0.25) is 0 Å². The topological polar surface area (TPSA) is 43.4 Å². The highest BCUT2D eigenvalue weighted by Gasteiger charge is 2.17. The highest BCUT2D eigenvalue weighted by Crippen LogP contribution is 2.19. The van der Waals surface area contributed by atoms with Crippen molar-refractivity contribution >= 4 is 0 Å². The largest absolute Gasteiger partial charge is 0.473 e. The van der Waals surface area contributed by atoms with Crippen LogP contribution < -0.4 is 10.1 Å². The molecule has 1 saturated heterocycles. The normalized spacial score (nSPS) is 19.4. The van der Waals surface area contributed by atoms with Crippen LogP contribution in [0.15, 0.2) is 12.3 Å². The van der Waals surface area contributed by atoms with Crippen LogP contribution >= 0.6 is 0 Å². The maximum absolute atomic E-state index is 14.1. The van der Waals surface area contributed by atoms with Crippen LogP contribution in [0.25, 0.3) is 0 Å². The first kappa shape index (κ1) is 14.2. The van der Waals surface area contributed by atoms with Crippen LogP contribution in [0.3, 0.4) is 0 Å². The van der Waals surface area contributed by atoms with Gasteiger partial charge in [0.25, 0.3) is 5.88 Å². The van der Waals surface area contributed by atoms with Crippen molar-refractivity contribution in [1.29, 1.82) is 0 Å². The van der Waals surface area contributed by atoms with Gasteiger partial charge in [-0.15, -0.1) is 0 Å². The van der Waals surface area contributed by atoms with Crippen LogP contribution in [-0.4, -0.2) is 30.8 Å². The van der Waals surface area contributed by atoms with Gasteiger partial charge >= 0.3 is 0 Å². The fourth-order valence-corrected chi connectivity index (χ4v) is 2.07. The van der Waals surface area contributed by atoms with Crippen LogP contribution in [0.4, 0.5) is 4.39 Å². The number of halogens is 1. The molecule has 0 saturated carbocycles. The van der Waals surface area contributed by atoms with Crippen molar-refractivity contribution in [3.8, 4) is 5.88 Å². The van der Waals surface area contributed by atoms with Crippen molar-refractivity contribution in [3.05, 3.63) is 23.6 Å². The van der Waals surface area contributed by atoms with Crippen LogP contribution in [-0.2, 0) is 11.3 Å². The molecule has 0 amide bonds. The molecule has 106 valence electrons. The SMILES string of the molecule is CCNCc1ccnc(OCC2CCCCO2)c1F. The molecule has 4 nitrogen and oxygen atoms in total. The van der Waals surface area contributed by atoms with E-state index in [2.05, 4.69) is 10.3 Å². The Morgan fingerprint density at radius 3 is 3.16 bits per heavy atom. The zero-order valence-corrected chi connectivity index (χ0v) is 11.3. The lowest BCUT2D eigenvalue weighted by Crippen LogP contribution is -2.26. The van der Waals surface area contributed by atoms with Crippen LogP contribution in [0.5, 0.6) is 5.88 Å². The molecule has 1 aliphatic heterocycles. The third kappa shape index (κ3) is 4.14. The van der Waals surface area contributed by atoms with Crippen molar-refractivity contribution in [3.63, 3.8) is 0 Å². The van der Waals surface area contributed by atoms with Gasteiger partial charge < -0.3 is 14.8 Å². The van der Waals surface area contributed by atoms with Crippen LogP contribution in [0.1, 0.15) is 31.7 Å². The predicted octanol–water partition coefficient (Wildman–Crippen LogP) is 2.28. The summed E-state index contributed by atoms with van der Waals surface area (Å²) in [5.74, 6) is -0.302. The van der Waals surface area contributed by atoms with Gasteiger partial charge in [0.1, 0.15) is 6.61 Å². The molecule has 0 radical (unpaired) electrons. The Kier molecular flexibility index (Phi) is 5.54. The molecule has 0 aromatic carbocycles. The minimum atomic E-state index is -0.376.